The number of hydrogen-bond donors (Lipinski definition) is 1. The molecule has 6 heteroatoms. The van der Waals surface area contributed by atoms with Gasteiger partial charge >= 0.3 is 5.63 Å². The second kappa shape index (κ2) is 4.89. The average Bonchev–Trinajstić information content (AvgIpc) is 2.48. The van der Waals surface area contributed by atoms with Crippen LogP contribution >= 0.6 is 15.9 Å². The maximum absolute atomic E-state index is 12.6. The van der Waals surface area contributed by atoms with E-state index in [9.17, 15) is 14.7 Å². The third-order valence-corrected chi connectivity index (χ3v) is 3.96. The van der Waals surface area contributed by atoms with Gasteiger partial charge in [0.05, 0.1) is 5.52 Å². The van der Waals surface area contributed by atoms with E-state index in [4.69, 9.17) is 4.42 Å². The van der Waals surface area contributed by atoms with Crippen molar-refractivity contribution < 1.29 is 9.52 Å². The molecule has 0 aliphatic carbocycles. The molecule has 0 bridgehead atoms. The summed E-state index contributed by atoms with van der Waals surface area (Å²) in [5.74, 6) is -0.408. The van der Waals surface area contributed by atoms with Crippen LogP contribution in [0.4, 0.5) is 0 Å². The number of nitrogens with zero attached hydrogens (tertiary/aromatic N) is 1. The monoisotopic (exact) mass is 347 g/mol. The van der Waals surface area contributed by atoms with Crippen molar-refractivity contribution in [3.8, 4) is 5.75 Å². The molecule has 0 unspecified atom stereocenters. The molecule has 0 saturated carbocycles. The lowest BCUT2D eigenvalue weighted by Gasteiger charge is -2.11. The minimum Gasteiger partial charge on any atom is -0.506 e. The van der Waals surface area contributed by atoms with Crippen molar-refractivity contribution in [2.75, 3.05) is 0 Å². The van der Waals surface area contributed by atoms with Gasteiger partial charge in [-0.05, 0) is 28.1 Å². The first-order chi connectivity index (χ1) is 10.1. The Bertz CT molecular complexity index is 1000. The smallest absolute Gasteiger partial charge is 0.354 e. The Kier molecular flexibility index (Phi) is 3.17. The number of fused-ring (bicyclic) bond motifs is 3. The first-order valence-electron chi connectivity index (χ1n) is 6.14. The standard InChI is InChI=1S/C15H10BrNO4/c1-2-7-17-9-6-4-3-5-8(9)13-10(14(17)19)12(18)11(16)15(20)21-13/h2-6,18H,1,7H2. The Morgan fingerprint density at radius 1 is 1.33 bits per heavy atom. The minimum absolute atomic E-state index is 0.0259. The second-order valence-corrected chi connectivity index (χ2v) is 5.27. The molecule has 1 aromatic carbocycles. The van der Waals surface area contributed by atoms with Crippen molar-refractivity contribution in [2.45, 2.75) is 6.54 Å². The molecule has 2 heterocycles. The normalized spacial score (nSPS) is 11.1. The summed E-state index contributed by atoms with van der Waals surface area (Å²) in [6, 6.07) is 7.03. The molecule has 0 aliphatic rings. The van der Waals surface area contributed by atoms with Crippen LogP contribution in [0.15, 0.2) is 55.4 Å². The average molecular weight is 348 g/mol. The first kappa shape index (κ1) is 13.6. The van der Waals surface area contributed by atoms with E-state index in [0.717, 1.165) is 0 Å². The van der Waals surface area contributed by atoms with Crippen molar-refractivity contribution in [2.24, 2.45) is 0 Å². The number of rotatable bonds is 2. The van der Waals surface area contributed by atoms with Gasteiger partial charge in [-0.25, -0.2) is 4.79 Å². The van der Waals surface area contributed by atoms with Gasteiger partial charge < -0.3 is 14.1 Å². The maximum Gasteiger partial charge on any atom is 0.354 e. The van der Waals surface area contributed by atoms with Crippen LogP contribution in [0, 0.1) is 0 Å². The minimum atomic E-state index is -0.731. The number of aromatic nitrogens is 1. The van der Waals surface area contributed by atoms with Gasteiger partial charge in [-0.3, -0.25) is 4.79 Å². The van der Waals surface area contributed by atoms with Gasteiger partial charge in [-0.1, -0.05) is 18.2 Å². The molecule has 21 heavy (non-hydrogen) atoms. The molecular formula is C15H10BrNO4. The zero-order chi connectivity index (χ0) is 15.1. The van der Waals surface area contributed by atoms with Gasteiger partial charge in [0.15, 0.2) is 11.3 Å². The van der Waals surface area contributed by atoms with Crippen LogP contribution in [0.1, 0.15) is 0 Å². The highest BCUT2D eigenvalue weighted by Gasteiger charge is 2.19. The Morgan fingerprint density at radius 3 is 2.76 bits per heavy atom. The zero-order valence-corrected chi connectivity index (χ0v) is 12.4. The zero-order valence-electron chi connectivity index (χ0n) is 10.8. The Morgan fingerprint density at radius 2 is 2.05 bits per heavy atom. The van der Waals surface area contributed by atoms with Gasteiger partial charge in [0.25, 0.3) is 5.56 Å². The van der Waals surface area contributed by atoms with E-state index in [1.165, 1.54) is 4.57 Å². The highest BCUT2D eigenvalue weighted by Crippen LogP contribution is 2.31. The van der Waals surface area contributed by atoms with Crippen LogP contribution in [0.5, 0.6) is 5.75 Å². The molecule has 3 rings (SSSR count). The lowest BCUT2D eigenvalue weighted by atomic mass is 10.1. The van der Waals surface area contributed by atoms with Crippen molar-refractivity contribution in [3.05, 3.63) is 62.2 Å². The summed E-state index contributed by atoms with van der Waals surface area (Å²) in [5.41, 5.74) is -0.474. The third kappa shape index (κ3) is 1.91. The molecule has 0 radical (unpaired) electrons. The van der Waals surface area contributed by atoms with Gasteiger partial charge in [0.2, 0.25) is 0 Å². The number of pyridine rings is 1. The van der Waals surface area contributed by atoms with Crippen molar-refractivity contribution >= 4 is 37.8 Å². The molecule has 5 nitrogen and oxygen atoms in total. The summed E-state index contributed by atoms with van der Waals surface area (Å²) in [4.78, 5) is 24.3. The summed E-state index contributed by atoms with van der Waals surface area (Å²) < 4.78 is 6.51. The fraction of sp³-hybridized carbons (Fsp3) is 0.0667. The third-order valence-electron chi connectivity index (χ3n) is 3.26. The lowest BCUT2D eigenvalue weighted by molar-refractivity contribution is 0.462. The summed E-state index contributed by atoms with van der Waals surface area (Å²) in [5, 5.41) is 10.7. The van der Waals surface area contributed by atoms with E-state index in [2.05, 4.69) is 22.5 Å². The molecule has 0 spiro atoms. The molecule has 0 fully saturated rings. The van der Waals surface area contributed by atoms with E-state index < -0.39 is 16.9 Å². The van der Waals surface area contributed by atoms with E-state index in [1.807, 2.05) is 0 Å². The lowest BCUT2D eigenvalue weighted by Crippen LogP contribution is -2.21. The number of aromatic hydroxyl groups is 1. The number of benzene rings is 1. The molecule has 106 valence electrons. The van der Waals surface area contributed by atoms with E-state index in [-0.39, 0.29) is 22.0 Å². The van der Waals surface area contributed by atoms with Crippen LogP contribution in [0.3, 0.4) is 0 Å². The Balaban J connectivity index is 2.71. The quantitative estimate of drug-likeness (QED) is 0.571. The van der Waals surface area contributed by atoms with Crippen LogP contribution in [0.2, 0.25) is 0 Å². The Hall–Kier alpha value is -2.34. The predicted octanol–water partition coefficient (Wildman–Crippen LogP) is 2.76. The topological polar surface area (TPSA) is 72.4 Å². The molecule has 2 aromatic heterocycles. The molecule has 0 aliphatic heterocycles. The van der Waals surface area contributed by atoms with Crippen molar-refractivity contribution in [1.29, 1.82) is 0 Å². The predicted molar refractivity (Wildman–Crippen MR) is 83.8 cm³/mol. The number of halogens is 1. The van der Waals surface area contributed by atoms with Crippen LogP contribution in [-0.4, -0.2) is 9.67 Å². The van der Waals surface area contributed by atoms with Crippen LogP contribution in [-0.2, 0) is 6.54 Å². The maximum atomic E-state index is 12.6. The van der Waals surface area contributed by atoms with E-state index in [0.29, 0.717) is 10.9 Å². The van der Waals surface area contributed by atoms with Crippen molar-refractivity contribution in [1.82, 2.24) is 4.57 Å². The number of hydrogen-bond acceptors (Lipinski definition) is 4. The fourth-order valence-corrected chi connectivity index (χ4v) is 2.63. The summed E-state index contributed by atoms with van der Waals surface area (Å²) in [6.45, 7) is 3.92. The highest BCUT2D eigenvalue weighted by molar-refractivity contribution is 9.10. The fourth-order valence-electron chi connectivity index (χ4n) is 2.35. The summed E-state index contributed by atoms with van der Waals surface area (Å²) >= 11 is 2.94. The molecule has 0 atom stereocenters. The van der Waals surface area contributed by atoms with Crippen LogP contribution < -0.4 is 11.2 Å². The molecular weight excluding hydrogens is 338 g/mol. The van der Waals surface area contributed by atoms with Gasteiger partial charge in [0, 0.05) is 11.9 Å². The first-order valence-corrected chi connectivity index (χ1v) is 6.93. The van der Waals surface area contributed by atoms with Crippen LogP contribution in [0.25, 0.3) is 21.9 Å². The van der Waals surface area contributed by atoms with Crippen molar-refractivity contribution in [3.63, 3.8) is 0 Å². The molecule has 1 N–H and O–H groups in total. The van der Waals surface area contributed by atoms with Gasteiger partial charge in [0.1, 0.15) is 9.86 Å². The SMILES string of the molecule is C=CCn1c(=O)c2c(O)c(Br)c(=O)oc2c2ccccc21. The largest absolute Gasteiger partial charge is 0.506 e. The molecule has 0 saturated heterocycles. The number of allylic oxidation sites excluding steroid dienone is 1. The van der Waals surface area contributed by atoms with Gasteiger partial charge in [-0.2, -0.15) is 0 Å². The highest BCUT2D eigenvalue weighted by atomic mass is 79.9. The van der Waals surface area contributed by atoms with E-state index >= 15 is 0 Å². The molecule has 0 amide bonds. The van der Waals surface area contributed by atoms with Gasteiger partial charge in [-0.15, -0.1) is 6.58 Å². The Labute approximate surface area is 126 Å². The summed E-state index contributed by atoms with van der Waals surface area (Å²) in [6.07, 6.45) is 1.59. The number of para-hydroxylation sites is 1. The van der Waals surface area contributed by atoms with E-state index in [1.54, 1.807) is 30.3 Å². The molecule has 3 aromatic rings. The summed E-state index contributed by atoms with van der Waals surface area (Å²) in [7, 11) is 0. The second-order valence-electron chi connectivity index (χ2n) is 4.48.